The van der Waals surface area contributed by atoms with E-state index in [2.05, 4.69) is 9.97 Å². The van der Waals surface area contributed by atoms with Gasteiger partial charge < -0.3 is 19.7 Å². The lowest BCUT2D eigenvalue weighted by Gasteiger charge is -2.28. The molecule has 1 atom stereocenters. The minimum absolute atomic E-state index is 0.0571. The molecule has 1 aromatic carbocycles. The van der Waals surface area contributed by atoms with Gasteiger partial charge in [0.2, 0.25) is 5.75 Å². The van der Waals surface area contributed by atoms with Crippen molar-refractivity contribution in [1.29, 1.82) is 0 Å². The number of amides is 1. The van der Waals surface area contributed by atoms with Gasteiger partial charge in [-0.05, 0) is 45.7 Å². The SMILES string of the molecule is CC(C)(C)OC(=O)N1CCCC1c1nc(O)c(OC(=O)c2ccccc2)c(CC(=O)O)n1. The lowest BCUT2D eigenvalue weighted by molar-refractivity contribution is -0.136. The van der Waals surface area contributed by atoms with Gasteiger partial charge in [0.1, 0.15) is 11.3 Å². The third-order valence-corrected chi connectivity index (χ3v) is 4.64. The molecule has 1 amide bonds. The molecule has 10 nitrogen and oxygen atoms in total. The minimum atomic E-state index is -1.23. The van der Waals surface area contributed by atoms with Crippen LogP contribution in [0.4, 0.5) is 4.79 Å². The van der Waals surface area contributed by atoms with Crippen molar-refractivity contribution >= 4 is 18.0 Å². The van der Waals surface area contributed by atoms with Crippen LogP contribution in [-0.4, -0.2) is 55.3 Å². The Morgan fingerprint density at radius 1 is 1.16 bits per heavy atom. The standard InChI is InChI=1S/C22H25N3O7/c1-22(2,3)32-21(30)25-11-7-10-15(25)18-23-14(12-16(26)27)17(19(28)24-18)31-20(29)13-8-5-4-6-9-13/h4-6,8-9,15H,7,10-12H2,1-3H3,(H,26,27)(H,23,24,28). The highest BCUT2D eigenvalue weighted by atomic mass is 16.6. The number of ether oxygens (including phenoxy) is 2. The molecule has 0 radical (unpaired) electrons. The number of nitrogens with zero attached hydrogens (tertiary/aromatic N) is 3. The van der Waals surface area contributed by atoms with E-state index >= 15 is 0 Å². The summed E-state index contributed by atoms with van der Waals surface area (Å²) < 4.78 is 10.7. The maximum Gasteiger partial charge on any atom is 0.410 e. The summed E-state index contributed by atoms with van der Waals surface area (Å²) >= 11 is 0. The zero-order valence-corrected chi connectivity index (χ0v) is 18.1. The number of aliphatic carboxylic acids is 1. The van der Waals surface area contributed by atoms with E-state index in [1.54, 1.807) is 39.0 Å². The number of aromatic nitrogens is 2. The van der Waals surface area contributed by atoms with Crippen molar-refractivity contribution in [3.8, 4) is 11.6 Å². The number of benzene rings is 1. The quantitative estimate of drug-likeness (QED) is 0.667. The Bertz CT molecular complexity index is 1020. The second-order valence-electron chi connectivity index (χ2n) is 8.34. The summed E-state index contributed by atoms with van der Waals surface area (Å²) in [7, 11) is 0. The molecule has 32 heavy (non-hydrogen) atoms. The first-order valence-corrected chi connectivity index (χ1v) is 10.1. The second kappa shape index (κ2) is 9.21. The predicted molar refractivity (Wildman–Crippen MR) is 111 cm³/mol. The summed E-state index contributed by atoms with van der Waals surface area (Å²) in [5.41, 5.74) is -0.651. The number of hydrogen-bond donors (Lipinski definition) is 2. The van der Waals surface area contributed by atoms with E-state index in [-0.39, 0.29) is 17.1 Å². The van der Waals surface area contributed by atoms with Crippen molar-refractivity contribution < 1.29 is 34.1 Å². The van der Waals surface area contributed by atoms with Gasteiger partial charge in [-0.1, -0.05) is 18.2 Å². The molecule has 2 aromatic rings. The van der Waals surface area contributed by atoms with Crippen LogP contribution in [0, 0.1) is 0 Å². The number of carbonyl (C=O) groups excluding carboxylic acids is 2. The number of carbonyl (C=O) groups is 3. The molecule has 2 heterocycles. The third-order valence-electron chi connectivity index (χ3n) is 4.64. The summed E-state index contributed by atoms with van der Waals surface area (Å²) in [6, 6.07) is 7.42. The summed E-state index contributed by atoms with van der Waals surface area (Å²) in [5, 5.41) is 19.8. The maximum absolute atomic E-state index is 12.6. The number of rotatable bonds is 5. The number of likely N-dealkylation sites (tertiary alicyclic amines) is 1. The van der Waals surface area contributed by atoms with Crippen LogP contribution in [0.5, 0.6) is 11.6 Å². The van der Waals surface area contributed by atoms with Crippen molar-refractivity contribution in [3.05, 3.63) is 47.4 Å². The van der Waals surface area contributed by atoms with Crippen molar-refractivity contribution in [2.24, 2.45) is 0 Å². The molecule has 1 aliphatic rings. The number of carboxylic acids is 1. The van der Waals surface area contributed by atoms with Crippen LogP contribution in [0.25, 0.3) is 0 Å². The van der Waals surface area contributed by atoms with Gasteiger partial charge >= 0.3 is 18.0 Å². The summed E-state index contributed by atoms with van der Waals surface area (Å²) in [6.07, 6.45) is 0.00329. The highest BCUT2D eigenvalue weighted by molar-refractivity contribution is 5.91. The molecule has 1 saturated heterocycles. The first-order valence-electron chi connectivity index (χ1n) is 10.1. The van der Waals surface area contributed by atoms with E-state index in [0.29, 0.717) is 19.4 Å². The van der Waals surface area contributed by atoms with Gasteiger partial charge in [-0.2, -0.15) is 4.98 Å². The molecule has 10 heteroatoms. The average molecular weight is 443 g/mol. The van der Waals surface area contributed by atoms with Crippen molar-refractivity contribution in [1.82, 2.24) is 14.9 Å². The Kier molecular flexibility index (Phi) is 6.61. The average Bonchev–Trinajstić information content (AvgIpc) is 3.19. The lowest BCUT2D eigenvalue weighted by Crippen LogP contribution is -2.37. The molecular weight excluding hydrogens is 418 g/mol. The zero-order chi connectivity index (χ0) is 23.5. The van der Waals surface area contributed by atoms with Gasteiger partial charge in [0.25, 0.3) is 5.88 Å². The van der Waals surface area contributed by atoms with Gasteiger partial charge in [-0.15, -0.1) is 0 Å². The Morgan fingerprint density at radius 3 is 2.47 bits per heavy atom. The van der Waals surface area contributed by atoms with E-state index in [9.17, 15) is 24.6 Å². The largest absolute Gasteiger partial charge is 0.491 e. The van der Waals surface area contributed by atoms with Gasteiger partial charge in [0.15, 0.2) is 5.82 Å². The predicted octanol–water partition coefficient (Wildman–Crippen LogP) is 3.10. The van der Waals surface area contributed by atoms with E-state index in [0.717, 1.165) is 0 Å². The van der Waals surface area contributed by atoms with Crippen LogP contribution in [0.1, 0.15) is 61.5 Å². The van der Waals surface area contributed by atoms with Crippen LogP contribution in [0.3, 0.4) is 0 Å². The number of aromatic hydroxyl groups is 1. The second-order valence-corrected chi connectivity index (χ2v) is 8.34. The molecule has 1 fully saturated rings. The normalized spacial score (nSPS) is 16.0. The number of hydrogen-bond acceptors (Lipinski definition) is 8. The molecule has 170 valence electrons. The maximum atomic E-state index is 12.6. The fraction of sp³-hybridized carbons (Fsp3) is 0.409. The van der Waals surface area contributed by atoms with Crippen molar-refractivity contribution in [2.75, 3.05) is 6.54 Å². The highest BCUT2D eigenvalue weighted by Gasteiger charge is 2.36. The fourth-order valence-corrected chi connectivity index (χ4v) is 3.32. The van der Waals surface area contributed by atoms with Crippen LogP contribution in [-0.2, 0) is 16.0 Å². The van der Waals surface area contributed by atoms with Crippen LogP contribution < -0.4 is 4.74 Å². The topological polar surface area (TPSA) is 139 Å². The first kappa shape index (κ1) is 23.0. The molecule has 2 N–H and O–H groups in total. The molecular formula is C22H25N3O7. The Hall–Kier alpha value is -3.69. The molecule has 3 rings (SSSR count). The number of carboxylic acid groups (broad SMARTS) is 1. The van der Waals surface area contributed by atoms with Crippen LogP contribution in [0.2, 0.25) is 0 Å². The fourth-order valence-electron chi connectivity index (χ4n) is 3.32. The molecule has 1 aromatic heterocycles. The van der Waals surface area contributed by atoms with Crippen molar-refractivity contribution in [3.63, 3.8) is 0 Å². The van der Waals surface area contributed by atoms with Gasteiger partial charge in [-0.25, -0.2) is 14.6 Å². The molecule has 1 unspecified atom stereocenters. The summed E-state index contributed by atoms with van der Waals surface area (Å²) in [6.45, 7) is 5.65. The van der Waals surface area contributed by atoms with Gasteiger partial charge in [0.05, 0.1) is 18.0 Å². The smallest absolute Gasteiger partial charge is 0.410 e. The van der Waals surface area contributed by atoms with E-state index < -0.39 is 47.7 Å². The lowest BCUT2D eigenvalue weighted by atomic mass is 10.2. The van der Waals surface area contributed by atoms with Crippen LogP contribution >= 0.6 is 0 Å². The van der Waals surface area contributed by atoms with Crippen molar-refractivity contribution in [2.45, 2.75) is 51.7 Å². The van der Waals surface area contributed by atoms with E-state index in [1.165, 1.54) is 17.0 Å². The molecule has 0 aliphatic carbocycles. The highest BCUT2D eigenvalue weighted by Crippen LogP contribution is 2.36. The first-order chi connectivity index (χ1) is 15.0. The Morgan fingerprint density at radius 2 is 1.84 bits per heavy atom. The monoisotopic (exact) mass is 443 g/mol. The van der Waals surface area contributed by atoms with Gasteiger partial charge in [0, 0.05) is 6.54 Å². The molecule has 1 aliphatic heterocycles. The Balaban J connectivity index is 1.93. The van der Waals surface area contributed by atoms with Gasteiger partial charge in [-0.3, -0.25) is 9.69 Å². The third kappa shape index (κ3) is 5.51. The minimum Gasteiger partial charge on any atom is -0.491 e. The Labute approximate surface area is 184 Å². The summed E-state index contributed by atoms with van der Waals surface area (Å²) in [5.74, 6) is -3.07. The summed E-state index contributed by atoms with van der Waals surface area (Å²) in [4.78, 5) is 46.1. The van der Waals surface area contributed by atoms with Crippen LogP contribution in [0.15, 0.2) is 30.3 Å². The molecule has 0 spiro atoms. The number of esters is 1. The van der Waals surface area contributed by atoms with E-state index in [4.69, 9.17) is 9.47 Å². The van der Waals surface area contributed by atoms with E-state index in [1.807, 2.05) is 0 Å². The zero-order valence-electron chi connectivity index (χ0n) is 18.1. The molecule has 0 bridgehead atoms. The molecule has 0 saturated carbocycles.